The number of nitrogens with one attached hydrogen (secondary N) is 2. The molecule has 0 atom stereocenters. The lowest BCUT2D eigenvalue weighted by Crippen LogP contribution is -2.06. The number of aromatic amines is 1. The Morgan fingerprint density at radius 1 is 1.13 bits per heavy atom. The number of anilines is 2. The van der Waals surface area contributed by atoms with Crippen molar-refractivity contribution in [2.24, 2.45) is 0 Å². The number of alkyl halides is 3. The predicted octanol–water partition coefficient (Wildman–Crippen LogP) is 3.33. The van der Waals surface area contributed by atoms with Gasteiger partial charge in [-0.05, 0) is 19.1 Å². The fourth-order valence-corrected chi connectivity index (χ4v) is 1.94. The molecule has 0 bridgehead atoms. The van der Waals surface area contributed by atoms with Crippen LogP contribution in [0.3, 0.4) is 0 Å². The summed E-state index contributed by atoms with van der Waals surface area (Å²) in [5.41, 5.74) is 0.551. The molecule has 9 heteroatoms. The van der Waals surface area contributed by atoms with Crippen molar-refractivity contribution in [3.05, 3.63) is 48.0 Å². The Balaban J connectivity index is 1.92. The first-order valence-corrected chi connectivity index (χ1v) is 6.57. The Morgan fingerprint density at radius 2 is 1.96 bits per heavy atom. The lowest BCUT2D eigenvalue weighted by atomic mass is 10.2. The van der Waals surface area contributed by atoms with Crippen LogP contribution in [0.4, 0.5) is 24.8 Å². The normalized spacial score (nSPS) is 11.5. The van der Waals surface area contributed by atoms with Gasteiger partial charge in [0.05, 0.1) is 17.3 Å². The van der Waals surface area contributed by atoms with Gasteiger partial charge in [-0.2, -0.15) is 18.3 Å². The van der Waals surface area contributed by atoms with Gasteiger partial charge in [-0.1, -0.05) is 0 Å². The van der Waals surface area contributed by atoms with Gasteiger partial charge in [-0.3, -0.25) is 5.10 Å². The summed E-state index contributed by atoms with van der Waals surface area (Å²) in [5.74, 6) is 0.810. The maximum absolute atomic E-state index is 12.7. The minimum atomic E-state index is -4.43. The van der Waals surface area contributed by atoms with Crippen molar-refractivity contribution >= 4 is 11.6 Å². The second-order valence-electron chi connectivity index (χ2n) is 4.76. The molecular weight excluding hydrogens is 309 g/mol. The quantitative estimate of drug-likeness (QED) is 0.774. The maximum Gasteiger partial charge on any atom is 0.416 e. The van der Waals surface area contributed by atoms with Crippen LogP contribution in [0.15, 0.2) is 36.8 Å². The smallest absolute Gasteiger partial charge is 0.325 e. The minimum absolute atomic E-state index is 0.0519. The first kappa shape index (κ1) is 14.9. The lowest BCUT2D eigenvalue weighted by molar-refractivity contribution is -0.137. The highest BCUT2D eigenvalue weighted by molar-refractivity contribution is 5.59. The van der Waals surface area contributed by atoms with Gasteiger partial charge in [-0.25, -0.2) is 15.0 Å². The number of aromatic nitrogens is 5. The average Bonchev–Trinajstić information content (AvgIpc) is 3.00. The third kappa shape index (κ3) is 3.44. The molecule has 0 fully saturated rings. The number of hydrogen-bond donors (Lipinski definition) is 2. The molecule has 3 rings (SSSR count). The van der Waals surface area contributed by atoms with Crippen molar-refractivity contribution in [1.82, 2.24) is 25.1 Å². The third-order valence-corrected chi connectivity index (χ3v) is 2.95. The van der Waals surface area contributed by atoms with Gasteiger partial charge in [0.25, 0.3) is 0 Å². The van der Waals surface area contributed by atoms with E-state index < -0.39 is 11.7 Å². The van der Waals surface area contributed by atoms with Crippen LogP contribution in [-0.2, 0) is 6.18 Å². The summed E-state index contributed by atoms with van der Waals surface area (Å²) in [6, 6.07) is 3.45. The summed E-state index contributed by atoms with van der Waals surface area (Å²) in [7, 11) is 0. The zero-order valence-electron chi connectivity index (χ0n) is 11.9. The van der Waals surface area contributed by atoms with Crippen LogP contribution in [-0.4, -0.2) is 25.1 Å². The molecule has 2 N–H and O–H groups in total. The van der Waals surface area contributed by atoms with Gasteiger partial charge >= 0.3 is 6.18 Å². The van der Waals surface area contributed by atoms with Crippen molar-refractivity contribution in [2.75, 3.05) is 5.32 Å². The Hall–Kier alpha value is -2.97. The summed E-state index contributed by atoms with van der Waals surface area (Å²) in [5, 5.41) is 9.24. The molecule has 3 heterocycles. The number of hydrogen-bond acceptors (Lipinski definition) is 5. The zero-order chi connectivity index (χ0) is 16.4. The summed E-state index contributed by atoms with van der Waals surface area (Å²) < 4.78 is 38.2. The molecule has 0 aliphatic heterocycles. The average molecular weight is 320 g/mol. The topological polar surface area (TPSA) is 79.4 Å². The molecule has 0 saturated heterocycles. The molecule has 0 aliphatic carbocycles. The van der Waals surface area contributed by atoms with Crippen molar-refractivity contribution < 1.29 is 13.2 Å². The summed E-state index contributed by atoms with van der Waals surface area (Å²) in [4.78, 5) is 12.4. The monoisotopic (exact) mass is 320 g/mol. The van der Waals surface area contributed by atoms with E-state index in [2.05, 4.69) is 30.5 Å². The van der Waals surface area contributed by atoms with Gasteiger partial charge in [0.1, 0.15) is 11.6 Å². The van der Waals surface area contributed by atoms with Crippen molar-refractivity contribution in [3.63, 3.8) is 0 Å². The Morgan fingerprint density at radius 3 is 2.65 bits per heavy atom. The van der Waals surface area contributed by atoms with Gasteiger partial charge in [0.15, 0.2) is 5.82 Å². The van der Waals surface area contributed by atoms with E-state index in [1.165, 1.54) is 0 Å². The number of pyridine rings is 1. The Kier molecular flexibility index (Phi) is 3.68. The molecule has 0 spiro atoms. The van der Waals surface area contributed by atoms with Crippen LogP contribution in [0.1, 0.15) is 11.3 Å². The van der Waals surface area contributed by atoms with E-state index in [1.807, 2.05) is 0 Å². The van der Waals surface area contributed by atoms with Crippen LogP contribution >= 0.6 is 0 Å². The molecule has 118 valence electrons. The summed E-state index contributed by atoms with van der Waals surface area (Å²) in [6.07, 6.45) is -0.152. The largest absolute Gasteiger partial charge is 0.416 e. The van der Waals surface area contributed by atoms with E-state index in [9.17, 15) is 13.2 Å². The molecule has 23 heavy (non-hydrogen) atoms. The van der Waals surface area contributed by atoms with Crippen LogP contribution in [0.25, 0.3) is 11.4 Å². The molecule has 3 aromatic rings. The highest BCUT2D eigenvalue weighted by atomic mass is 19.4. The first-order valence-electron chi connectivity index (χ1n) is 6.57. The van der Waals surface area contributed by atoms with Crippen molar-refractivity contribution in [3.8, 4) is 11.4 Å². The lowest BCUT2D eigenvalue weighted by Gasteiger charge is -2.10. The summed E-state index contributed by atoms with van der Waals surface area (Å²) >= 11 is 0. The van der Waals surface area contributed by atoms with Gasteiger partial charge < -0.3 is 5.32 Å². The standard InChI is InChI=1S/C14H11F3N6/c1-8-4-12(23-13(21-8)9-6-19-20-7-9)22-11-5-10(2-3-18-11)14(15,16)17/h2-7H,1H3,(H,19,20)(H,18,21,22,23). The number of H-pyrrole nitrogens is 1. The molecule has 6 nitrogen and oxygen atoms in total. The van der Waals surface area contributed by atoms with E-state index in [0.717, 1.165) is 18.3 Å². The Bertz CT molecular complexity index is 814. The molecule has 0 unspecified atom stereocenters. The fraction of sp³-hybridized carbons (Fsp3) is 0.143. The molecule has 3 aromatic heterocycles. The van der Waals surface area contributed by atoms with E-state index in [1.54, 1.807) is 25.4 Å². The third-order valence-electron chi connectivity index (χ3n) is 2.95. The van der Waals surface area contributed by atoms with Gasteiger partial charge in [0.2, 0.25) is 0 Å². The summed E-state index contributed by atoms with van der Waals surface area (Å²) in [6.45, 7) is 1.76. The first-order chi connectivity index (χ1) is 10.9. The zero-order valence-corrected chi connectivity index (χ0v) is 11.9. The van der Waals surface area contributed by atoms with Crippen LogP contribution in [0, 0.1) is 6.92 Å². The maximum atomic E-state index is 12.7. The highest BCUT2D eigenvalue weighted by Crippen LogP contribution is 2.30. The van der Waals surface area contributed by atoms with Gasteiger partial charge in [0, 0.05) is 24.2 Å². The highest BCUT2D eigenvalue weighted by Gasteiger charge is 2.30. The van der Waals surface area contributed by atoms with Crippen LogP contribution in [0.5, 0.6) is 0 Å². The molecule has 0 radical (unpaired) electrons. The SMILES string of the molecule is Cc1cc(Nc2cc(C(F)(F)F)ccn2)nc(-c2cn[nH]c2)n1. The number of nitrogens with zero attached hydrogens (tertiary/aromatic N) is 4. The number of halogens is 3. The minimum Gasteiger partial charge on any atom is -0.325 e. The molecule has 0 aliphatic rings. The van der Waals surface area contributed by atoms with E-state index in [4.69, 9.17) is 0 Å². The molecular formula is C14H11F3N6. The fourth-order valence-electron chi connectivity index (χ4n) is 1.94. The van der Waals surface area contributed by atoms with Crippen LogP contribution < -0.4 is 5.32 Å². The van der Waals surface area contributed by atoms with E-state index in [0.29, 0.717) is 22.9 Å². The second kappa shape index (κ2) is 5.67. The second-order valence-corrected chi connectivity index (χ2v) is 4.76. The van der Waals surface area contributed by atoms with Crippen molar-refractivity contribution in [2.45, 2.75) is 13.1 Å². The molecule has 0 saturated carbocycles. The molecule has 0 amide bonds. The van der Waals surface area contributed by atoms with E-state index in [-0.39, 0.29) is 5.82 Å². The number of aryl methyl sites for hydroxylation is 1. The van der Waals surface area contributed by atoms with Crippen LogP contribution in [0.2, 0.25) is 0 Å². The molecule has 0 aromatic carbocycles. The van der Waals surface area contributed by atoms with Gasteiger partial charge in [-0.15, -0.1) is 0 Å². The predicted molar refractivity (Wildman–Crippen MR) is 76.9 cm³/mol. The van der Waals surface area contributed by atoms with E-state index >= 15 is 0 Å². The Labute approximate surface area is 128 Å². The number of rotatable bonds is 3. The van der Waals surface area contributed by atoms with Crippen molar-refractivity contribution in [1.29, 1.82) is 0 Å².